The zero-order valence-electron chi connectivity index (χ0n) is 10.5. The standard InChI is InChI=1S/C16H14FNO/c17-15-8-4-2-6-13(15)11-18-10-9-12-5-1-3-7-14(12)16(18)19/h1-8H,9-11H2. The molecule has 1 aliphatic rings. The van der Waals surface area contributed by atoms with Crippen molar-refractivity contribution in [1.82, 2.24) is 4.90 Å². The van der Waals surface area contributed by atoms with Gasteiger partial charge in [0.05, 0.1) is 0 Å². The number of fused-ring (bicyclic) bond motifs is 1. The first-order valence-corrected chi connectivity index (χ1v) is 6.36. The van der Waals surface area contributed by atoms with Crippen LogP contribution in [0.4, 0.5) is 4.39 Å². The molecule has 96 valence electrons. The molecule has 2 nitrogen and oxygen atoms in total. The van der Waals surface area contributed by atoms with Crippen molar-refractivity contribution in [2.75, 3.05) is 6.54 Å². The van der Waals surface area contributed by atoms with Crippen molar-refractivity contribution in [2.24, 2.45) is 0 Å². The number of hydrogen-bond acceptors (Lipinski definition) is 1. The molecule has 0 saturated heterocycles. The lowest BCUT2D eigenvalue weighted by Gasteiger charge is -2.28. The topological polar surface area (TPSA) is 20.3 Å². The van der Waals surface area contributed by atoms with Crippen molar-refractivity contribution in [3.05, 3.63) is 71.0 Å². The molecule has 0 N–H and O–H groups in total. The average molecular weight is 255 g/mol. The molecule has 1 heterocycles. The fraction of sp³-hybridized carbons (Fsp3) is 0.188. The van der Waals surface area contributed by atoms with E-state index in [4.69, 9.17) is 0 Å². The van der Waals surface area contributed by atoms with Crippen LogP contribution in [0.1, 0.15) is 21.5 Å². The van der Waals surface area contributed by atoms with Gasteiger partial charge in [-0.05, 0) is 24.1 Å². The highest BCUT2D eigenvalue weighted by atomic mass is 19.1. The van der Waals surface area contributed by atoms with Gasteiger partial charge in [-0.25, -0.2) is 4.39 Å². The van der Waals surface area contributed by atoms with Crippen LogP contribution < -0.4 is 0 Å². The van der Waals surface area contributed by atoms with Crippen LogP contribution in [0.3, 0.4) is 0 Å². The van der Waals surface area contributed by atoms with E-state index >= 15 is 0 Å². The third-order valence-electron chi connectivity index (χ3n) is 3.51. The van der Waals surface area contributed by atoms with Gasteiger partial charge in [0.25, 0.3) is 5.91 Å². The molecule has 0 spiro atoms. The number of rotatable bonds is 2. The fourth-order valence-corrected chi connectivity index (χ4v) is 2.46. The maximum absolute atomic E-state index is 13.6. The predicted octanol–water partition coefficient (Wildman–Crippen LogP) is 3.02. The van der Waals surface area contributed by atoms with E-state index in [1.54, 1.807) is 23.1 Å². The molecule has 0 fully saturated rings. The van der Waals surface area contributed by atoms with E-state index in [9.17, 15) is 9.18 Å². The van der Waals surface area contributed by atoms with Crippen molar-refractivity contribution in [3.8, 4) is 0 Å². The Morgan fingerprint density at radius 3 is 2.63 bits per heavy atom. The lowest BCUT2D eigenvalue weighted by molar-refractivity contribution is 0.0725. The number of benzene rings is 2. The number of carbonyl (C=O) groups is 1. The third-order valence-corrected chi connectivity index (χ3v) is 3.51. The number of carbonyl (C=O) groups excluding carboxylic acids is 1. The highest BCUT2D eigenvalue weighted by molar-refractivity contribution is 5.96. The SMILES string of the molecule is O=C1c2ccccc2CCN1Cc1ccccc1F. The van der Waals surface area contributed by atoms with Crippen molar-refractivity contribution in [3.63, 3.8) is 0 Å². The number of hydrogen-bond donors (Lipinski definition) is 0. The summed E-state index contributed by atoms with van der Waals surface area (Å²) in [6, 6.07) is 14.2. The Hall–Kier alpha value is -2.16. The molecule has 0 bridgehead atoms. The summed E-state index contributed by atoms with van der Waals surface area (Å²) >= 11 is 0. The van der Waals surface area contributed by atoms with Gasteiger partial charge in [0, 0.05) is 24.2 Å². The third kappa shape index (κ3) is 2.24. The van der Waals surface area contributed by atoms with E-state index in [1.165, 1.54) is 6.07 Å². The summed E-state index contributed by atoms with van der Waals surface area (Å²) in [5.74, 6) is -0.265. The van der Waals surface area contributed by atoms with Crippen LogP contribution >= 0.6 is 0 Å². The molecule has 19 heavy (non-hydrogen) atoms. The van der Waals surface area contributed by atoms with Crippen LogP contribution in [-0.2, 0) is 13.0 Å². The molecule has 1 amide bonds. The maximum Gasteiger partial charge on any atom is 0.254 e. The monoisotopic (exact) mass is 255 g/mol. The van der Waals surface area contributed by atoms with E-state index in [0.29, 0.717) is 18.7 Å². The Kier molecular flexibility index (Phi) is 3.03. The second kappa shape index (κ2) is 4.84. The lowest BCUT2D eigenvalue weighted by atomic mass is 9.98. The Morgan fingerprint density at radius 2 is 1.79 bits per heavy atom. The molecule has 0 saturated carbocycles. The van der Waals surface area contributed by atoms with Crippen LogP contribution in [0, 0.1) is 5.82 Å². The van der Waals surface area contributed by atoms with E-state index in [1.807, 2.05) is 24.3 Å². The van der Waals surface area contributed by atoms with Crippen LogP contribution in [0.25, 0.3) is 0 Å². The van der Waals surface area contributed by atoms with Crippen molar-refractivity contribution < 1.29 is 9.18 Å². The van der Waals surface area contributed by atoms with Gasteiger partial charge in [-0.3, -0.25) is 4.79 Å². The van der Waals surface area contributed by atoms with Gasteiger partial charge >= 0.3 is 0 Å². The zero-order chi connectivity index (χ0) is 13.2. The van der Waals surface area contributed by atoms with Gasteiger partial charge in [-0.1, -0.05) is 36.4 Å². The number of amides is 1. The lowest BCUT2D eigenvalue weighted by Crippen LogP contribution is -2.37. The average Bonchev–Trinajstić information content (AvgIpc) is 2.44. The van der Waals surface area contributed by atoms with Crippen molar-refractivity contribution in [1.29, 1.82) is 0 Å². The molecular formula is C16H14FNO. The molecule has 2 aromatic carbocycles. The molecule has 0 aliphatic carbocycles. The van der Waals surface area contributed by atoms with Gasteiger partial charge in [-0.15, -0.1) is 0 Å². The highest BCUT2D eigenvalue weighted by Gasteiger charge is 2.24. The molecule has 0 aromatic heterocycles. The van der Waals surface area contributed by atoms with E-state index in [2.05, 4.69) is 0 Å². The van der Waals surface area contributed by atoms with E-state index in [-0.39, 0.29) is 11.7 Å². The predicted molar refractivity (Wildman–Crippen MR) is 71.3 cm³/mol. The second-order valence-electron chi connectivity index (χ2n) is 4.73. The summed E-state index contributed by atoms with van der Waals surface area (Å²) in [5.41, 5.74) is 2.39. The quantitative estimate of drug-likeness (QED) is 0.807. The van der Waals surface area contributed by atoms with Crippen molar-refractivity contribution in [2.45, 2.75) is 13.0 Å². The summed E-state index contributed by atoms with van der Waals surface area (Å²) in [5, 5.41) is 0. The first-order valence-electron chi connectivity index (χ1n) is 6.36. The molecule has 3 rings (SSSR count). The first kappa shape index (κ1) is 11.9. The highest BCUT2D eigenvalue weighted by Crippen LogP contribution is 2.21. The van der Waals surface area contributed by atoms with Crippen LogP contribution in [-0.4, -0.2) is 17.4 Å². The molecular weight excluding hydrogens is 241 g/mol. The smallest absolute Gasteiger partial charge is 0.254 e. The number of halogens is 1. The minimum Gasteiger partial charge on any atom is -0.334 e. The normalized spacial score (nSPS) is 14.4. The van der Waals surface area contributed by atoms with E-state index in [0.717, 1.165) is 17.5 Å². The molecule has 0 atom stereocenters. The molecule has 0 unspecified atom stereocenters. The Morgan fingerprint density at radius 1 is 1.05 bits per heavy atom. The number of nitrogens with zero attached hydrogens (tertiary/aromatic N) is 1. The summed E-state index contributed by atoms with van der Waals surface area (Å²) in [6.45, 7) is 0.976. The van der Waals surface area contributed by atoms with Crippen LogP contribution in [0.2, 0.25) is 0 Å². The van der Waals surface area contributed by atoms with Gasteiger partial charge in [0.15, 0.2) is 0 Å². The van der Waals surface area contributed by atoms with Crippen molar-refractivity contribution >= 4 is 5.91 Å². The van der Waals surface area contributed by atoms with Gasteiger partial charge < -0.3 is 4.90 Å². The minimum absolute atomic E-state index is 0.00916. The largest absolute Gasteiger partial charge is 0.334 e. The van der Waals surface area contributed by atoms with Crippen LogP contribution in [0.15, 0.2) is 48.5 Å². The molecule has 1 aliphatic heterocycles. The molecule has 2 aromatic rings. The van der Waals surface area contributed by atoms with Gasteiger partial charge in [0.1, 0.15) is 5.82 Å². The Balaban J connectivity index is 1.85. The fourth-order valence-electron chi connectivity index (χ4n) is 2.46. The first-order chi connectivity index (χ1) is 9.25. The zero-order valence-corrected chi connectivity index (χ0v) is 10.5. The van der Waals surface area contributed by atoms with E-state index < -0.39 is 0 Å². The Bertz CT molecular complexity index is 624. The summed E-state index contributed by atoms with van der Waals surface area (Å²) in [7, 11) is 0. The second-order valence-corrected chi connectivity index (χ2v) is 4.73. The maximum atomic E-state index is 13.6. The molecule has 3 heteroatoms. The summed E-state index contributed by atoms with van der Waals surface area (Å²) in [6.07, 6.45) is 0.830. The molecule has 0 radical (unpaired) electrons. The van der Waals surface area contributed by atoms with Crippen LogP contribution in [0.5, 0.6) is 0 Å². The minimum atomic E-state index is -0.255. The van der Waals surface area contributed by atoms with Gasteiger partial charge in [-0.2, -0.15) is 0 Å². The summed E-state index contributed by atoms with van der Waals surface area (Å²) in [4.78, 5) is 14.0. The van der Waals surface area contributed by atoms with Gasteiger partial charge in [0.2, 0.25) is 0 Å². The summed E-state index contributed by atoms with van der Waals surface area (Å²) < 4.78 is 13.6. The Labute approximate surface area is 111 Å².